The number of benzene rings is 2. The molecular formula is C21H18BrClF3N7. The van der Waals surface area contributed by atoms with Crippen molar-refractivity contribution in [3.63, 3.8) is 0 Å². The molecule has 1 fully saturated rings. The maximum absolute atomic E-state index is 13.0. The minimum Gasteiger partial charge on any atom is -0.347 e. The Bertz CT molecular complexity index is 1170. The van der Waals surface area contributed by atoms with Crippen LogP contribution in [0.5, 0.6) is 0 Å². The van der Waals surface area contributed by atoms with Gasteiger partial charge in [0.05, 0.1) is 17.3 Å². The number of aliphatic imine (C=N–C) groups is 1. The van der Waals surface area contributed by atoms with Gasteiger partial charge in [0, 0.05) is 25.0 Å². The molecule has 1 atom stereocenters. The van der Waals surface area contributed by atoms with Gasteiger partial charge in [-0.15, -0.1) is 0 Å². The molecule has 172 valence electrons. The van der Waals surface area contributed by atoms with Crippen molar-refractivity contribution < 1.29 is 13.2 Å². The molecule has 1 unspecified atom stereocenters. The third kappa shape index (κ3) is 5.36. The lowest BCUT2D eigenvalue weighted by molar-refractivity contribution is -0.137. The van der Waals surface area contributed by atoms with E-state index in [-0.39, 0.29) is 17.3 Å². The molecule has 1 aromatic heterocycles. The van der Waals surface area contributed by atoms with Gasteiger partial charge < -0.3 is 4.90 Å². The summed E-state index contributed by atoms with van der Waals surface area (Å²) in [5.74, 6) is 1.02. The van der Waals surface area contributed by atoms with Crippen molar-refractivity contribution in [2.45, 2.75) is 18.6 Å². The Morgan fingerprint density at radius 2 is 1.73 bits per heavy atom. The van der Waals surface area contributed by atoms with Crippen molar-refractivity contribution in [1.29, 1.82) is 0 Å². The normalized spacial score (nSPS) is 17.4. The molecule has 0 bridgehead atoms. The van der Waals surface area contributed by atoms with E-state index in [1.54, 1.807) is 19.0 Å². The highest BCUT2D eigenvalue weighted by Crippen LogP contribution is 2.36. The Balaban J connectivity index is 1.70. The molecule has 1 N–H and O–H groups in total. The number of nitrogens with one attached hydrogen (secondary N) is 1. The van der Waals surface area contributed by atoms with Gasteiger partial charge in [-0.3, -0.25) is 10.4 Å². The number of anilines is 2. The highest BCUT2D eigenvalue weighted by Gasteiger charge is 2.33. The number of nitrogens with zero attached hydrogens (tertiary/aromatic N) is 6. The van der Waals surface area contributed by atoms with Crippen LogP contribution < -0.4 is 15.3 Å². The van der Waals surface area contributed by atoms with Crippen LogP contribution in [0.4, 0.5) is 30.8 Å². The van der Waals surface area contributed by atoms with Gasteiger partial charge in [0.25, 0.3) is 5.95 Å². The van der Waals surface area contributed by atoms with Gasteiger partial charge in [0.1, 0.15) is 5.84 Å². The Hall–Kier alpha value is -2.92. The fourth-order valence-corrected chi connectivity index (χ4v) is 3.73. The summed E-state index contributed by atoms with van der Waals surface area (Å²) in [5, 5.41) is 1.86. The first-order chi connectivity index (χ1) is 15.6. The number of hydrogen-bond donors (Lipinski definition) is 1. The second kappa shape index (κ2) is 9.14. The third-order valence-electron chi connectivity index (χ3n) is 4.89. The summed E-state index contributed by atoms with van der Waals surface area (Å²) in [6.45, 7) is 0. The van der Waals surface area contributed by atoms with E-state index in [0.717, 1.165) is 22.3 Å². The number of alkyl halides is 3. The monoisotopic (exact) mass is 539 g/mol. The van der Waals surface area contributed by atoms with Crippen molar-refractivity contribution in [3.8, 4) is 0 Å². The lowest BCUT2D eigenvalue weighted by Gasteiger charge is -2.26. The van der Waals surface area contributed by atoms with Crippen LogP contribution in [0, 0.1) is 0 Å². The van der Waals surface area contributed by atoms with E-state index < -0.39 is 11.7 Å². The van der Waals surface area contributed by atoms with Gasteiger partial charge in [0.15, 0.2) is 0 Å². The molecule has 0 saturated carbocycles. The summed E-state index contributed by atoms with van der Waals surface area (Å²) < 4.78 is 40.0. The SMILES string of the molecule is CN(C)c1nc(Cl)nc(/N=C2\CC(c3ccc(C(F)(F)F)cc3)N(c3ccc(Br)cc3)N2)n1. The van der Waals surface area contributed by atoms with E-state index in [9.17, 15) is 13.2 Å². The summed E-state index contributed by atoms with van der Waals surface area (Å²) >= 11 is 9.42. The van der Waals surface area contributed by atoms with Gasteiger partial charge in [-0.2, -0.15) is 33.1 Å². The van der Waals surface area contributed by atoms with Crippen LogP contribution in [0.25, 0.3) is 0 Å². The number of halogens is 5. The number of aromatic nitrogens is 3. The lowest BCUT2D eigenvalue weighted by Crippen LogP contribution is -2.34. The van der Waals surface area contributed by atoms with Crippen molar-refractivity contribution in [1.82, 2.24) is 20.4 Å². The fourth-order valence-electron chi connectivity index (χ4n) is 3.32. The second-order valence-electron chi connectivity index (χ2n) is 7.46. The molecule has 0 amide bonds. The van der Waals surface area contributed by atoms with Crippen LogP contribution in [-0.4, -0.2) is 34.9 Å². The van der Waals surface area contributed by atoms with Crippen LogP contribution in [0.2, 0.25) is 5.28 Å². The van der Waals surface area contributed by atoms with Gasteiger partial charge in [-0.1, -0.05) is 28.1 Å². The van der Waals surface area contributed by atoms with E-state index in [1.165, 1.54) is 12.1 Å². The number of hydrogen-bond acceptors (Lipinski definition) is 6. The Morgan fingerprint density at radius 1 is 1.06 bits per heavy atom. The Morgan fingerprint density at radius 3 is 2.33 bits per heavy atom. The zero-order chi connectivity index (χ0) is 23.8. The van der Waals surface area contributed by atoms with Crippen LogP contribution in [0.3, 0.4) is 0 Å². The minimum absolute atomic E-state index is 0.00935. The van der Waals surface area contributed by atoms with Gasteiger partial charge in [-0.05, 0) is 53.6 Å². The first kappa shape index (κ1) is 23.2. The zero-order valence-electron chi connectivity index (χ0n) is 17.5. The summed E-state index contributed by atoms with van der Waals surface area (Å²) in [6.07, 6.45) is -4.01. The zero-order valence-corrected chi connectivity index (χ0v) is 19.8. The van der Waals surface area contributed by atoms with Crippen LogP contribution in [-0.2, 0) is 6.18 Å². The van der Waals surface area contributed by atoms with Crippen molar-refractivity contribution in [2.75, 3.05) is 24.0 Å². The molecule has 0 aliphatic carbocycles. The molecule has 1 aliphatic rings. The van der Waals surface area contributed by atoms with E-state index in [1.807, 2.05) is 29.3 Å². The first-order valence-electron chi connectivity index (χ1n) is 9.75. The summed E-state index contributed by atoms with van der Waals surface area (Å²) in [6, 6.07) is 12.4. The van der Waals surface area contributed by atoms with Gasteiger partial charge in [-0.25, -0.2) is 0 Å². The summed E-state index contributed by atoms with van der Waals surface area (Å²) in [5.41, 5.74) is 4.04. The average Bonchev–Trinajstić information content (AvgIpc) is 3.17. The predicted molar refractivity (Wildman–Crippen MR) is 125 cm³/mol. The molecule has 7 nitrogen and oxygen atoms in total. The van der Waals surface area contributed by atoms with E-state index in [4.69, 9.17) is 11.6 Å². The van der Waals surface area contributed by atoms with Crippen LogP contribution in [0.15, 0.2) is 58.0 Å². The average molecular weight is 541 g/mol. The number of hydrazine groups is 1. The highest BCUT2D eigenvalue weighted by molar-refractivity contribution is 9.10. The Kier molecular flexibility index (Phi) is 6.44. The fraction of sp³-hybridized carbons (Fsp3) is 0.238. The molecule has 4 rings (SSSR count). The minimum atomic E-state index is -4.40. The van der Waals surface area contributed by atoms with Gasteiger partial charge in [0.2, 0.25) is 11.2 Å². The summed E-state index contributed by atoms with van der Waals surface area (Å²) in [7, 11) is 3.54. The molecule has 2 heterocycles. The lowest BCUT2D eigenvalue weighted by atomic mass is 10.0. The topological polar surface area (TPSA) is 69.5 Å². The Labute approximate surface area is 201 Å². The molecule has 0 radical (unpaired) electrons. The molecule has 3 aromatic rings. The molecule has 12 heteroatoms. The van der Waals surface area contributed by atoms with E-state index in [2.05, 4.69) is 41.3 Å². The predicted octanol–water partition coefficient (Wildman–Crippen LogP) is 5.56. The van der Waals surface area contributed by atoms with Crippen molar-refractivity contribution in [2.24, 2.45) is 4.99 Å². The van der Waals surface area contributed by atoms with E-state index in [0.29, 0.717) is 23.8 Å². The largest absolute Gasteiger partial charge is 0.416 e. The van der Waals surface area contributed by atoms with Crippen LogP contribution in [0.1, 0.15) is 23.6 Å². The molecule has 2 aromatic carbocycles. The third-order valence-corrected chi connectivity index (χ3v) is 5.59. The quantitative estimate of drug-likeness (QED) is 0.467. The standard InChI is InChI=1S/C21H18BrClF3N7/c1-32(2)20-29-18(23)28-19(30-20)27-17-11-16(12-3-5-13(6-4-12)21(24,25)26)33(31-17)15-9-7-14(22)8-10-15/h3-10,16H,11H2,1-2H3,(H,27,28,29,30,31). The molecule has 1 saturated heterocycles. The first-order valence-corrected chi connectivity index (χ1v) is 10.9. The maximum atomic E-state index is 13.0. The molecular weight excluding hydrogens is 523 g/mol. The number of rotatable bonds is 4. The molecule has 0 spiro atoms. The van der Waals surface area contributed by atoms with Crippen molar-refractivity contribution >= 4 is 51.0 Å². The smallest absolute Gasteiger partial charge is 0.347 e. The second-order valence-corrected chi connectivity index (χ2v) is 8.71. The van der Waals surface area contributed by atoms with Gasteiger partial charge >= 0.3 is 6.18 Å². The van der Waals surface area contributed by atoms with Crippen LogP contribution >= 0.6 is 27.5 Å². The van der Waals surface area contributed by atoms with Crippen molar-refractivity contribution in [3.05, 3.63) is 69.4 Å². The molecule has 1 aliphatic heterocycles. The number of amidine groups is 1. The van der Waals surface area contributed by atoms with E-state index >= 15 is 0 Å². The summed E-state index contributed by atoms with van der Waals surface area (Å²) in [4.78, 5) is 18.6. The molecule has 33 heavy (non-hydrogen) atoms. The maximum Gasteiger partial charge on any atom is 0.416 e. The highest BCUT2D eigenvalue weighted by atomic mass is 79.9.